The highest BCUT2D eigenvalue weighted by Crippen LogP contribution is 2.27. The molecule has 0 aliphatic rings. The van der Waals surface area contributed by atoms with E-state index in [4.69, 9.17) is 39.5 Å². The van der Waals surface area contributed by atoms with Crippen LogP contribution in [0, 0.1) is 5.92 Å². The second kappa shape index (κ2) is 11.4. The van der Waals surface area contributed by atoms with Crippen LogP contribution < -0.4 is 10.1 Å². The van der Waals surface area contributed by atoms with Gasteiger partial charge in [-0.1, -0.05) is 66.8 Å². The highest BCUT2D eigenvalue weighted by molar-refractivity contribution is 6.35. The van der Waals surface area contributed by atoms with Crippen molar-refractivity contribution < 1.29 is 14.3 Å². The molecule has 0 radical (unpaired) electrons. The molecule has 0 heterocycles. The maximum absolute atomic E-state index is 13.0. The lowest BCUT2D eigenvalue weighted by Crippen LogP contribution is -2.49. The number of halogens is 3. The molecule has 2 rings (SSSR count). The molecule has 2 aromatic rings. The lowest BCUT2D eigenvalue weighted by molar-refractivity contribution is -0.142. The van der Waals surface area contributed by atoms with Gasteiger partial charge in [0.25, 0.3) is 5.91 Å². The number of nitrogens with one attached hydrogen (secondary N) is 1. The topological polar surface area (TPSA) is 58.6 Å². The molecule has 2 aromatic carbocycles. The third-order valence-corrected chi connectivity index (χ3v) is 5.29. The number of ether oxygens (including phenoxy) is 1. The number of hydrogen-bond acceptors (Lipinski definition) is 3. The lowest BCUT2D eigenvalue weighted by atomic mass is 10.1. The number of amides is 2. The van der Waals surface area contributed by atoms with Crippen molar-refractivity contribution in [2.45, 2.75) is 33.4 Å². The molecule has 0 spiro atoms. The molecule has 1 N–H and O–H groups in total. The van der Waals surface area contributed by atoms with Crippen molar-refractivity contribution in [2.75, 3.05) is 13.2 Å². The third-order valence-electron chi connectivity index (χ3n) is 4.40. The average Bonchev–Trinajstić information content (AvgIpc) is 2.70. The summed E-state index contributed by atoms with van der Waals surface area (Å²) in [6.45, 7) is 6.09. The summed E-state index contributed by atoms with van der Waals surface area (Å²) in [5.74, 6) is 0.0232. The summed E-state index contributed by atoms with van der Waals surface area (Å²) in [5, 5.41) is 4.15. The van der Waals surface area contributed by atoms with Crippen molar-refractivity contribution in [3.8, 4) is 5.75 Å². The van der Waals surface area contributed by atoms with Gasteiger partial charge in [0.1, 0.15) is 11.8 Å². The van der Waals surface area contributed by atoms with Gasteiger partial charge in [-0.05, 0) is 42.7 Å². The minimum atomic E-state index is -0.711. The van der Waals surface area contributed by atoms with Crippen molar-refractivity contribution in [1.82, 2.24) is 10.2 Å². The Morgan fingerprint density at radius 1 is 1.03 bits per heavy atom. The first-order valence-electron chi connectivity index (χ1n) is 9.57. The van der Waals surface area contributed by atoms with Crippen molar-refractivity contribution in [3.05, 3.63) is 63.1 Å². The van der Waals surface area contributed by atoms with E-state index in [2.05, 4.69) is 5.32 Å². The molecular formula is C22H25Cl3N2O3. The van der Waals surface area contributed by atoms with Gasteiger partial charge in [0.05, 0.1) is 5.02 Å². The minimum absolute atomic E-state index is 0.173. The summed E-state index contributed by atoms with van der Waals surface area (Å²) in [5.41, 5.74) is 0.737. The Labute approximate surface area is 192 Å². The summed E-state index contributed by atoms with van der Waals surface area (Å²) >= 11 is 18.3. The highest BCUT2D eigenvalue weighted by atomic mass is 35.5. The van der Waals surface area contributed by atoms with Gasteiger partial charge in [-0.2, -0.15) is 0 Å². The average molecular weight is 472 g/mol. The van der Waals surface area contributed by atoms with E-state index in [1.165, 1.54) is 11.0 Å². The minimum Gasteiger partial charge on any atom is -0.482 e. The number of rotatable bonds is 9. The Morgan fingerprint density at radius 2 is 1.73 bits per heavy atom. The molecule has 0 aromatic heterocycles. The monoisotopic (exact) mass is 470 g/mol. The summed E-state index contributed by atoms with van der Waals surface area (Å²) in [7, 11) is 0. The van der Waals surface area contributed by atoms with Crippen LogP contribution in [0.4, 0.5) is 0 Å². The first kappa shape index (κ1) is 24.3. The van der Waals surface area contributed by atoms with Crippen LogP contribution in [0.5, 0.6) is 5.75 Å². The van der Waals surface area contributed by atoms with E-state index in [-0.39, 0.29) is 25.0 Å². The molecule has 1 unspecified atom stereocenters. The maximum Gasteiger partial charge on any atom is 0.261 e. The van der Waals surface area contributed by atoms with Gasteiger partial charge in [-0.15, -0.1) is 0 Å². The fraction of sp³-hybridized carbons (Fsp3) is 0.364. The number of carbonyl (C=O) groups is 2. The zero-order valence-electron chi connectivity index (χ0n) is 17.1. The van der Waals surface area contributed by atoms with Crippen LogP contribution in [-0.2, 0) is 16.1 Å². The van der Waals surface area contributed by atoms with Crippen LogP contribution in [0.3, 0.4) is 0 Å². The molecule has 8 heteroatoms. The SMILES string of the molecule is CC(C)CNC(=O)C(C)N(Cc1ccccc1Cl)C(=O)COc1ccc(Cl)cc1Cl. The standard InChI is InChI=1S/C22H25Cl3N2O3/c1-14(2)11-26-22(29)15(3)27(12-16-6-4-5-7-18(16)24)21(28)13-30-20-9-8-17(23)10-19(20)25/h4-10,14-15H,11-13H2,1-3H3,(H,26,29). The largest absolute Gasteiger partial charge is 0.482 e. The van der Waals surface area contributed by atoms with Crippen LogP contribution in [0.2, 0.25) is 15.1 Å². The van der Waals surface area contributed by atoms with E-state index in [0.29, 0.717) is 33.3 Å². The van der Waals surface area contributed by atoms with Crippen LogP contribution in [-0.4, -0.2) is 35.9 Å². The molecule has 2 amide bonds. The Morgan fingerprint density at radius 3 is 2.37 bits per heavy atom. The summed E-state index contributed by atoms with van der Waals surface area (Å²) < 4.78 is 5.58. The third kappa shape index (κ3) is 7.08. The van der Waals surface area contributed by atoms with Crippen molar-refractivity contribution in [2.24, 2.45) is 5.92 Å². The quantitative estimate of drug-likeness (QED) is 0.546. The summed E-state index contributed by atoms with van der Waals surface area (Å²) in [6, 6.07) is 11.2. The normalized spacial score (nSPS) is 11.8. The summed E-state index contributed by atoms with van der Waals surface area (Å²) in [6.07, 6.45) is 0. The van der Waals surface area contributed by atoms with E-state index in [0.717, 1.165) is 5.56 Å². The molecule has 30 heavy (non-hydrogen) atoms. The van der Waals surface area contributed by atoms with Gasteiger partial charge in [0.15, 0.2) is 6.61 Å². The van der Waals surface area contributed by atoms with Crippen LogP contribution in [0.15, 0.2) is 42.5 Å². The van der Waals surface area contributed by atoms with Crippen molar-refractivity contribution in [1.29, 1.82) is 0 Å². The predicted octanol–water partition coefficient (Wildman–Crippen LogP) is 5.22. The molecule has 0 saturated heterocycles. The van der Waals surface area contributed by atoms with E-state index >= 15 is 0 Å². The number of hydrogen-bond donors (Lipinski definition) is 1. The Kier molecular flexibility index (Phi) is 9.28. The zero-order valence-corrected chi connectivity index (χ0v) is 19.4. The van der Waals surface area contributed by atoms with E-state index in [1.807, 2.05) is 32.0 Å². The molecule has 5 nitrogen and oxygen atoms in total. The van der Waals surface area contributed by atoms with E-state index in [1.54, 1.807) is 25.1 Å². The molecule has 0 aliphatic carbocycles. The molecule has 0 fully saturated rings. The number of nitrogens with zero attached hydrogens (tertiary/aromatic N) is 1. The highest BCUT2D eigenvalue weighted by Gasteiger charge is 2.27. The maximum atomic E-state index is 13.0. The van der Waals surface area contributed by atoms with Gasteiger partial charge in [-0.3, -0.25) is 9.59 Å². The predicted molar refractivity (Wildman–Crippen MR) is 121 cm³/mol. The van der Waals surface area contributed by atoms with Crippen molar-refractivity contribution in [3.63, 3.8) is 0 Å². The first-order chi connectivity index (χ1) is 14.2. The van der Waals surface area contributed by atoms with Gasteiger partial charge in [0.2, 0.25) is 5.91 Å². The number of carbonyl (C=O) groups excluding carboxylic acids is 2. The molecule has 162 valence electrons. The zero-order chi connectivity index (χ0) is 22.3. The van der Waals surface area contributed by atoms with E-state index in [9.17, 15) is 9.59 Å². The molecule has 0 bridgehead atoms. The van der Waals surface area contributed by atoms with Crippen LogP contribution in [0.1, 0.15) is 26.3 Å². The smallest absolute Gasteiger partial charge is 0.261 e. The molecular weight excluding hydrogens is 447 g/mol. The van der Waals surface area contributed by atoms with Crippen molar-refractivity contribution >= 4 is 46.6 Å². The molecule has 0 aliphatic heterocycles. The van der Waals surface area contributed by atoms with Gasteiger partial charge >= 0.3 is 0 Å². The molecule has 1 atom stereocenters. The molecule has 0 saturated carbocycles. The fourth-order valence-corrected chi connectivity index (χ4v) is 3.32. The Hall–Kier alpha value is -1.95. The number of benzene rings is 2. The van der Waals surface area contributed by atoms with Crippen LogP contribution in [0.25, 0.3) is 0 Å². The van der Waals surface area contributed by atoms with Gasteiger partial charge in [-0.25, -0.2) is 0 Å². The summed E-state index contributed by atoms with van der Waals surface area (Å²) in [4.78, 5) is 27.1. The van der Waals surface area contributed by atoms with Gasteiger partial charge < -0.3 is 15.0 Å². The fourth-order valence-electron chi connectivity index (χ4n) is 2.66. The Balaban J connectivity index is 2.17. The van der Waals surface area contributed by atoms with Crippen LogP contribution >= 0.6 is 34.8 Å². The van der Waals surface area contributed by atoms with Gasteiger partial charge in [0, 0.05) is 23.1 Å². The Bertz CT molecular complexity index is 890. The second-order valence-electron chi connectivity index (χ2n) is 7.29. The van der Waals surface area contributed by atoms with E-state index < -0.39 is 6.04 Å². The lowest BCUT2D eigenvalue weighted by Gasteiger charge is -2.29. The second-order valence-corrected chi connectivity index (χ2v) is 8.54. The first-order valence-corrected chi connectivity index (χ1v) is 10.7.